The number of hydrogen-bond acceptors (Lipinski definition) is 5. The smallest absolute Gasteiger partial charge is 0.411 e. The molecule has 162 valence electrons. The van der Waals surface area contributed by atoms with Gasteiger partial charge in [-0.15, -0.1) is 0 Å². The second kappa shape index (κ2) is 14.6. The number of rotatable bonds is 9. The predicted octanol–water partition coefficient (Wildman–Crippen LogP) is 4.80. The summed E-state index contributed by atoms with van der Waals surface area (Å²) in [5.41, 5.74) is 2.20. The Balaban J connectivity index is 0.000000325. The third-order valence-corrected chi connectivity index (χ3v) is 3.79. The lowest BCUT2D eigenvalue weighted by atomic mass is 10.1. The molecule has 2 rings (SSSR count). The lowest BCUT2D eigenvalue weighted by Crippen LogP contribution is -2.14. The number of ether oxygens (including phenoxy) is 2. The highest BCUT2D eigenvalue weighted by atomic mass is 16.5. The first-order chi connectivity index (χ1) is 14.4. The van der Waals surface area contributed by atoms with E-state index in [1.54, 1.807) is 31.2 Å². The normalized spacial score (nSPS) is 9.67. The van der Waals surface area contributed by atoms with E-state index in [1.165, 1.54) is 0 Å². The number of anilines is 1. The van der Waals surface area contributed by atoms with E-state index in [9.17, 15) is 14.4 Å². The van der Waals surface area contributed by atoms with Gasteiger partial charge in [0.25, 0.3) is 0 Å². The molecule has 0 aromatic heterocycles. The van der Waals surface area contributed by atoms with E-state index in [2.05, 4.69) is 5.32 Å². The molecule has 2 N–H and O–H groups in total. The molecule has 2 aromatic carbocycles. The number of hydrogen-bond donors (Lipinski definition) is 2. The fraction of sp³-hybridized carbons (Fsp3) is 0.348. The number of carboxylic acids is 1. The van der Waals surface area contributed by atoms with Crippen LogP contribution in [0.4, 0.5) is 10.5 Å². The Hall–Kier alpha value is -3.35. The van der Waals surface area contributed by atoms with Crippen molar-refractivity contribution >= 4 is 23.7 Å². The van der Waals surface area contributed by atoms with Crippen molar-refractivity contribution in [1.82, 2.24) is 0 Å². The average molecular weight is 415 g/mol. The first-order valence-electron chi connectivity index (χ1n) is 9.88. The van der Waals surface area contributed by atoms with Crippen molar-refractivity contribution < 1.29 is 29.0 Å². The highest BCUT2D eigenvalue weighted by Gasteiger charge is 2.05. The summed E-state index contributed by atoms with van der Waals surface area (Å²) in [5, 5.41) is 11.2. The van der Waals surface area contributed by atoms with E-state index in [0.29, 0.717) is 30.9 Å². The molecule has 0 unspecified atom stereocenters. The standard InChI is InChI=1S/C13H17NO4.C10H12O2/c1-2-3-7-18-13(17)14-11-6-4-5-10(8-11)9-12(15)16;1-2-10(11)12-8-9-6-4-3-5-7-9/h4-6,8H,2-3,7,9H2,1H3,(H,14,17)(H,15,16);3-7H,2,8H2,1H3. The fourth-order valence-corrected chi connectivity index (χ4v) is 2.24. The van der Waals surface area contributed by atoms with Gasteiger partial charge in [-0.2, -0.15) is 0 Å². The van der Waals surface area contributed by atoms with Crippen LogP contribution in [0.15, 0.2) is 54.6 Å². The second-order valence-corrected chi connectivity index (χ2v) is 6.39. The lowest BCUT2D eigenvalue weighted by molar-refractivity contribution is -0.144. The summed E-state index contributed by atoms with van der Waals surface area (Å²) in [6, 6.07) is 16.4. The summed E-state index contributed by atoms with van der Waals surface area (Å²) in [6.45, 7) is 4.56. The molecule has 0 spiro atoms. The molecule has 1 amide bonds. The summed E-state index contributed by atoms with van der Waals surface area (Å²) in [6.07, 6.45) is 1.64. The summed E-state index contributed by atoms with van der Waals surface area (Å²) in [4.78, 5) is 32.7. The van der Waals surface area contributed by atoms with Gasteiger partial charge in [0.15, 0.2) is 0 Å². The van der Waals surface area contributed by atoms with Crippen LogP contribution in [-0.4, -0.2) is 29.7 Å². The van der Waals surface area contributed by atoms with E-state index in [1.807, 2.05) is 37.3 Å². The summed E-state index contributed by atoms with van der Waals surface area (Å²) in [7, 11) is 0. The average Bonchev–Trinajstić information content (AvgIpc) is 2.73. The van der Waals surface area contributed by atoms with Gasteiger partial charge in [-0.25, -0.2) is 4.79 Å². The minimum Gasteiger partial charge on any atom is -0.481 e. The van der Waals surface area contributed by atoms with Gasteiger partial charge < -0.3 is 14.6 Å². The molecule has 2 aromatic rings. The zero-order valence-electron chi connectivity index (χ0n) is 17.4. The van der Waals surface area contributed by atoms with Crippen LogP contribution in [0.1, 0.15) is 44.2 Å². The van der Waals surface area contributed by atoms with Gasteiger partial charge in [0.1, 0.15) is 6.61 Å². The highest BCUT2D eigenvalue weighted by molar-refractivity contribution is 5.84. The van der Waals surface area contributed by atoms with Gasteiger partial charge in [0.05, 0.1) is 13.0 Å². The Bertz CT molecular complexity index is 791. The molecule has 30 heavy (non-hydrogen) atoms. The predicted molar refractivity (Wildman–Crippen MR) is 114 cm³/mol. The molecule has 0 saturated heterocycles. The third-order valence-electron chi connectivity index (χ3n) is 3.79. The van der Waals surface area contributed by atoms with E-state index in [0.717, 1.165) is 18.4 Å². The van der Waals surface area contributed by atoms with E-state index in [-0.39, 0.29) is 12.4 Å². The number of carbonyl (C=O) groups excluding carboxylic acids is 2. The maximum absolute atomic E-state index is 11.4. The minimum absolute atomic E-state index is 0.0690. The molecule has 0 heterocycles. The van der Waals surface area contributed by atoms with Gasteiger partial charge in [0, 0.05) is 12.1 Å². The number of aliphatic carboxylic acids is 1. The van der Waals surface area contributed by atoms with Crippen molar-refractivity contribution in [2.45, 2.75) is 46.1 Å². The quantitative estimate of drug-likeness (QED) is 0.450. The molecule has 0 saturated carbocycles. The first-order valence-corrected chi connectivity index (χ1v) is 9.88. The molecule has 0 bridgehead atoms. The Morgan fingerprint density at radius 1 is 0.933 bits per heavy atom. The van der Waals surface area contributed by atoms with Gasteiger partial charge in [-0.05, 0) is 29.7 Å². The zero-order chi connectivity index (χ0) is 22.2. The third kappa shape index (κ3) is 11.5. The number of esters is 1. The Kier molecular flexibility index (Phi) is 12.0. The number of carboxylic acid groups (broad SMARTS) is 1. The van der Waals surface area contributed by atoms with Gasteiger partial charge in [-0.3, -0.25) is 14.9 Å². The van der Waals surface area contributed by atoms with Crippen LogP contribution in [0, 0.1) is 0 Å². The van der Waals surface area contributed by atoms with Crippen molar-refractivity contribution in [3.05, 3.63) is 65.7 Å². The number of unbranched alkanes of at least 4 members (excludes halogenated alkanes) is 1. The van der Waals surface area contributed by atoms with Crippen molar-refractivity contribution in [2.24, 2.45) is 0 Å². The van der Waals surface area contributed by atoms with Crippen LogP contribution in [0.5, 0.6) is 0 Å². The fourth-order valence-electron chi connectivity index (χ4n) is 2.24. The van der Waals surface area contributed by atoms with E-state index < -0.39 is 12.1 Å². The van der Waals surface area contributed by atoms with Crippen LogP contribution >= 0.6 is 0 Å². The summed E-state index contributed by atoms with van der Waals surface area (Å²) in [5.74, 6) is -1.06. The molecule has 7 nitrogen and oxygen atoms in total. The Labute approximate surface area is 177 Å². The lowest BCUT2D eigenvalue weighted by Gasteiger charge is -2.07. The Morgan fingerprint density at radius 3 is 2.27 bits per heavy atom. The molecule has 7 heteroatoms. The largest absolute Gasteiger partial charge is 0.481 e. The molecular weight excluding hydrogens is 386 g/mol. The SMILES string of the molecule is CCC(=O)OCc1ccccc1.CCCCOC(=O)Nc1cccc(CC(=O)O)c1. The van der Waals surface area contributed by atoms with Gasteiger partial charge in [0.2, 0.25) is 0 Å². The molecule has 0 aliphatic carbocycles. The monoisotopic (exact) mass is 415 g/mol. The van der Waals surface area contributed by atoms with Crippen LogP contribution < -0.4 is 5.32 Å². The minimum atomic E-state index is -0.905. The maximum Gasteiger partial charge on any atom is 0.411 e. The zero-order valence-corrected chi connectivity index (χ0v) is 17.4. The van der Waals surface area contributed by atoms with Crippen molar-refractivity contribution in [3.8, 4) is 0 Å². The number of benzene rings is 2. The molecule has 0 aliphatic rings. The van der Waals surface area contributed by atoms with Gasteiger partial charge in [-0.1, -0.05) is 62.7 Å². The molecule has 0 aliphatic heterocycles. The highest BCUT2D eigenvalue weighted by Crippen LogP contribution is 2.11. The van der Waals surface area contributed by atoms with E-state index in [4.69, 9.17) is 14.6 Å². The van der Waals surface area contributed by atoms with Crippen LogP contribution in [0.25, 0.3) is 0 Å². The number of amides is 1. The molecular formula is C23H29NO6. The molecule has 0 atom stereocenters. The van der Waals surface area contributed by atoms with Crippen molar-refractivity contribution in [2.75, 3.05) is 11.9 Å². The van der Waals surface area contributed by atoms with Crippen molar-refractivity contribution in [1.29, 1.82) is 0 Å². The molecule has 0 radical (unpaired) electrons. The second-order valence-electron chi connectivity index (χ2n) is 6.39. The Morgan fingerprint density at radius 2 is 1.63 bits per heavy atom. The number of carbonyl (C=O) groups is 3. The van der Waals surface area contributed by atoms with Crippen LogP contribution in [-0.2, 0) is 32.1 Å². The molecule has 0 fully saturated rings. The maximum atomic E-state index is 11.4. The summed E-state index contributed by atoms with van der Waals surface area (Å²) >= 11 is 0. The van der Waals surface area contributed by atoms with Crippen molar-refractivity contribution in [3.63, 3.8) is 0 Å². The van der Waals surface area contributed by atoms with E-state index >= 15 is 0 Å². The van der Waals surface area contributed by atoms with Gasteiger partial charge >= 0.3 is 18.0 Å². The first kappa shape index (κ1) is 24.7. The van der Waals surface area contributed by atoms with Crippen LogP contribution in [0.2, 0.25) is 0 Å². The van der Waals surface area contributed by atoms with Crippen LogP contribution in [0.3, 0.4) is 0 Å². The summed E-state index contributed by atoms with van der Waals surface area (Å²) < 4.78 is 9.88. The topological polar surface area (TPSA) is 102 Å². The number of nitrogens with one attached hydrogen (secondary N) is 1.